The molecule has 2 heterocycles. The van der Waals surface area contributed by atoms with Crippen molar-refractivity contribution in [2.45, 2.75) is 6.10 Å². The van der Waals surface area contributed by atoms with Crippen molar-refractivity contribution in [3.05, 3.63) is 32.9 Å². The summed E-state index contributed by atoms with van der Waals surface area (Å²) in [4.78, 5) is 3.96. The molecular weight excluding hydrogens is 313 g/mol. The van der Waals surface area contributed by atoms with Crippen molar-refractivity contribution in [1.82, 2.24) is 0 Å². The van der Waals surface area contributed by atoms with Gasteiger partial charge < -0.3 is 0 Å². The van der Waals surface area contributed by atoms with Crippen LogP contribution in [-0.2, 0) is 4.74 Å². The molecule has 16 heavy (non-hydrogen) atoms. The molecule has 82 valence electrons. The van der Waals surface area contributed by atoms with Gasteiger partial charge in [0, 0.05) is 0 Å². The van der Waals surface area contributed by atoms with Crippen molar-refractivity contribution in [2.75, 3.05) is 16.0 Å². The molecule has 1 saturated heterocycles. The van der Waals surface area contributed by atoms with Gasteiger partial charge in [0.2, 0.25) is 0 Å². The van der Waals surface area contributed by atoms with Crippen LogP contribution in [0.5, 0.6) is 0 Å². The van der Waals surface area contributed by atoms with Gasteiger partial charge in [-0.3, -0.25) is 0 Å². The van der Waals surface area contributed by atoms with E-state index in [-0.39, 0.29) is 6.10 Å². The zero-order chi connectivity index (χ0) is 11.0. The second-order valence-corrected chi connectivity index (χ2v) is 9.67. The standard InChI is InChI=1S/C13H11INO/c1-16-13-4-7-15-9-10-8-11(14-5-6-14)2-3-12(10)13/h2-3,8,13H,5-6H2,1H3/q-1. The first-order chi connectivity index (χ1) is 7.88. The number of fused-ring (bicyclic) bond motifs is 1. The number of hydrogen-bond acceptors (Lipinski definition) is 2. The SMILES string of the molecule is COC1C#CN=[C-]c2cc(I3CC3)ccc21. The number of rotatable bonds is 2. The number of methoxy groups -OCH3 is 1. The third kappa shape index (κ3) is 1.87. The van der Waals surface area contributed by atoms with Gasteiger partial charge in [-0.2, -0.15) is 0 Å². The molecule has 2 nitrogen and oxygen atoms in total. The number of nitrogens with zero attached hydrogens (tertiary/aromatic N) is 1. The van der Waals surface area contributed by atoms with Crippen LogP contribution in [0.2, 0.25) is 0 Å². The van der Waals surface area contributed by atoms with Crippen LogP contribution in [-0.4, -0.2) is 22.2 Å². The van der Waals surface area contributed by atoms with Crippen molar-refractivity contribution < 1.29 is 4.74 Å². The Bertz CT molecular complexity index is 508. The molecule has 2 aliphatic rings. The quantitative estimate of drug-likeness (QED) is 0.354. The van der Waals surface area contributed by atoms with Gasteiger partial charge in [0.05, 0.1) is 0 Å². The normalized spacial score (nSPS) is 23.1. The van der Waals surface area contributed by atoms with Crippen molar-refractivity contribution in [3.8, 4) is 12.0 Å². The maximum absolute atomic E-state index is 5.35. The summed E-state index contributed by atoms with van der Waals surface area (Å²) in [5.41, 5.74) is 2.14. The summed E-state index contributed by atoms with van der Waals surface area (Å²) in [7, 11) is 1.68. The van der Waals surface area contributed by atoms with Crippen LogP contribution in [0.3, 0.4) is 0 Å². The van der Waals surface area contributed by atoms with Crippen LogP contribution in [0.15, 0.2) is 23.2 Å². The van der Waals surface area contributed by atoms with E-state index >= 15 is 0 Å². The Hall–Kier alpha value is -0.860. The molecule has 3 rings (SSSR count). The average Bonchev–Trinajstić information content (AvgIpc) is 3.14. The number of benzene rings is 1. The summed E-state index contributed by atoms with van der Waals surface area (Å²) in [6.07, 6.45) is 2.85. The van der Waals surface area contributed by atoms with E-state index in [0.717, 1.165) is 11.1 Å². The Morgan fingerprint density at radius 2 is 2.38 bits per heavy atom. The van der Waals surface area contributed by atoms with E-state index in [9.17, 15) is 0 Å². The Labute approximate surface area is 102 Å². The first-order valence-electron chi connectivity index (χ1n) is 5.13. The van der Waals surface area contributed by atoms with Gasteiger partial charge in [0.15, 0.2) is 0 Å². The van der Waals surface area contributed by atoms with Gasteiger partial charge in [-0.15, -0.1) is 0 Å². The molecule has 1 aromatic carbocycles. The van der Waals surface area contributed by atoms with Gasteiger partial charge in [0.25, 0.3) is 0 Å². The van der Waals surface area contributed by atoms with Gasteiger partial charge in [0.1, 0.15) is 0 Å². The van der Waals surface area contributed by atoms with Gasteiger partial charge in [-0.25, -0.2) is 0 Å². The molecule has 3 heteroatoms. The second kappa shape index (κ2) is 4.19. The summed E-state index contributed by atoms with van der Waals surface area (Å²) in [6.45, 7) is 0. The van der Waals surface area contributed by atoms with Gasteiger partial charge in [-0.05, 0) is 0 Å². The van der Waals surface area contributed by atoms with Crippen LogP contribution < -0.4 is 0 Å². The molecule has 1 atom stereocenters. The Morgan fingerprint density at radius 3 is 3.12 bits per heavy atom. The zero-order valence-electron chi connectivity index (χ0n) is 8.96. The number of hydrogen-bond donors (Lipinski definition) is 0. The van der Waals surface area contributed by atoms with Crippen molar-refractivity contribution >= 4 is 26.0 Å². The molecule has 0 aromatic heterocycles. The van der Waals surface area contributed by atoms with E-state index < -0.39 is 19.8 Å². The fourth-order valence-electron chi connectivity index (χ4n) is 1.72. The van der Waals surface area contributed by atoms with Crippen LogP contribution in [0, 0.1) is 15.5 Å². The average molecular weight is 324 g/mol. The fourth-order valence-corrected chi connectivity index (χ4v) is 5.97. The molecule has 1 fully saturated rings. The summed E-state index contributed by atoms with van der Waals surface area (Å²) < 4.78 is 9.82. The van der Waals surface area contributed by atoms with Crippen molar-refractivity contribution in [2.24, 2.45) is 4.99 Å². The van der Waals surface area contributed by atoms with E-state index in [1.807, 2.05) is 0 Å². The van der Waals surface area contributed by atoms with Crippen molar-refractivity contribution in [3.63, 3.8) is 0 Å². The second-order valence-electron chi connectivity index (χ2n) is 3.66. The predicted octanol–water partition coefficient (Wildman–Crippen LogP) is 2.33. The molecule has 0 N–H and O–H groups in total. The molecule has 0 aliphatic carbocycles. The third-order valence-corrected chi connectivity index (χ3v) is 7.24. The Balaban J connectivity index is 2.05. The minimum atomic E-state index is -0.700. The van der Waals surface area contributed by atoms with E-state index in [1.54, 1.807) is 10.7 Å². The molecular formula is C13H11INO-. The van der Waals surface area contributed by atoms with Gasteiger partial charge >= 0.3 is 103 Å². The zero-order valence-corrected chi connectivity index (χ0v) is 11.1. The summed E-state index contributed by atoms with van der Waals surface area (Å²) in [5.74, 6) is 2.96. The van der Waals surface area contributed by atoms with Crippen LogP contribution in [0.1, 0.15) is 17.2 Å². The predicted molar refractivity (Wildman–Crippen MR) is 73.0 cm³/mol. The monoisotopic (exact) mass is 324 g/mol. The van der Waals surface area contributed by atoms with E-state index in [2.05, 4.69) is 41.4 Å². The molecule has 0 amide bonds. The third-order valence-electron chi connectivity index (χ3n) is 2.65. The van der Waals surface area contributed by atoms with Crippen LogP contribution in [0.4, 0.5) is 0 Å². The summed E-state index contributed by atoms with van der Waals surface area (Å²) >= 11 is -0.700. The first-order valence-corrected chi connectivity index (χ1v) is 9.26. The molecule has 0 bridgehead atoms. The van der Waals surface area contributed by atoms with E-state index in [4.69, 9.17) is 4.74 Å². The van der Waals surface area contributed by atoms with Crippen molar-refractivity contribution in [1.29, 1.82) is 0 Å². The molecule has 0 radical (unpaired) electrons. The number of halogens is 1. The van der Waals surface area contributed by atoms with Crippen LogP contribution in [0.25, 0.3) is 0 Å². The van der Waals surface area contributed by atoms with E-state index in [0.29, 0.717) is 0 Å². The number of ether oxygens (including phenoxy) is 1. The topological polar surface area (TPSA) is 21.6 Å². The number of alkyl halides is 2. The van der Waals surface area contributed by atoms with Crippen LogP contribution >= 0.6 is 19.8 Å². The van der Waals surface area contributed by atoms with E-state index in [1.165, 1.54) is 8.86 Å². The number of aliphatic imine (C=N–C) groups is 1. The fraction of sp³-hybridized carbons (Fsp3) is 0.308. The molecule has 2 aliphatic heterocycles. The first kappa shape index (κ1) is 10.3. The minimum absolute atomic E-state index is 0.161. The summed E-state index contributed by atoms with van der Waals surface area (Å²) in [5, 5.41) is 0. The Kier molecular flexibility index (Phi) is 2.70. The summed E-state index contributed by atoms with van der Waals surface area (Å²) in [6, 6.07) is 9.33. The molecule has 1 unspecified atom stereocenters. The van der Waals surface area contributed by atoms with Gasteiger partial charge in [-0.1, -0.05) is 0 Å². The molecule has 0 saturated carbocycles. The Morgan fingerprint density at radius 1 is 1.50 bits per heavy atom. The molecule has 1 aromatic rings. The molecule has 0 spiro atoms. The maximum atomic E-state index is 5.35.